The Morgan fingerprint density at radius 2 is 1.07 bits per heavy atom. The maximum Gasteiger partial charge on any atom is 0.268 e. The van der Waals surface area contributed by atoms with Crippen molar-refractivity contribution in [3.05, 3.63) is 267 Å². The molecule has 14 aromatic rings. The first-order valence-corrected chi connectivity index (χ1v) is 23.5. The average molecular weight is 1140 g/mol. The molecule has 4 aromatic heterocycles. The molecule has 4 heterocycles. The van der Waals surface area contributed by atoms with Crippen LogP contribution in [0, 0.1) is 18.5 Å². The molecule has 0 saturated carbocycles. The molecule has 0 unspecified atom stereocenters. The Hall–Kier alpha value is -9.29. The molecule has 0 aliphatic rings. The summed E-state index contributed by atoms with van der Waals surface area (Å²) in [6.45, 7) is 0. The van der Waals surface area contributed by atoms with Crippen LogP contribution in [0.1, 0.15) is 13.7 Å². The Bertz CT molecular complexity index is 4830. The molecule has 0 saturated heterocycles. The number of imidazole rings is 1. The maximum absolute atomic E-state index is 9.13. The molecule has 0 spiro atoms. The van der Waals surface area contributed by atoms with E-state index in [9.17, 15) is 0 Å². The van der Waals surface area contributed by atoms with Gasteiger partial charge >= 0.3 is 0 Å². The van der Waals surface area contributed by atoms with Crippen LogP contribution in [0.25, 0.3) is 99.8 Å². The summed E-state index contributed by atoms with van der Waals surface area (Å²) in [7, 11) is 0. The van der Waals surface area contributed by atoms with Gasteiger partial charge in [-0.2, -0.15) is 12.1 Å². The van der Waals surface area contributed by atoms with E-state index in [2.05, 4.69) is 59.4 Å². The molecule has 14 rings (SSSR count). The number of para-hydroxylation sites is 7. The van der Waals surface area contributed by atoms with Crippen LogP contribution in [-0.2, 0) is 21.1 Å². The Balaban J connectivity index is 0.00000658. The zero-order chi connectivity index (χ0) is 56.9. The van der Waals surface area contributed by atoms with Crippen molar-refractivity contribution >= 4 is 54.6 Å². The molecule has 0 aliphatic heterocycles. The van der Waals surface area contributed by atoms with E-state index in [4.69, 9.17) is 28.2 Å². The average Bonchev–Trinajstić information content (AvgIpc) is 1.92. The quantitative estimate of drug-likeness (QED) is 0.101. The maximum atomic E-state index is 9.13. The number of aromatic nitrogens is 5. The molecule has 0 bridgehead atoms. The Morgan fingerprint density at radius 1 is 0.486 bits per heavy atom. The van der Waals surface area contributed by atoms with Crippen LogP contribution in [0.5, 0.6) is 23.0 Å². The summed E-state index contributed by atoms with van der Waals surface area (Å²) < 4.78 is 109. The van der Waals surface area contributed by atoms with E-state index in [1.807, 2.05) is 120 Å². The van der Waals surface area contributed by atoms with Crippen molar-refractivity contribution in [1.29, 1.82) is 0 Å². The van der Waals surface area contributed by atoms with E-state index in [0.717, 1.165) is 38.1 Å². The third-order valence-electron chi connectivity index (χ3n) is 13.0. The van der Waals surface area contributed by atoms with Crippen LogP contribution in [0.3, 0.4) is 0 Å². The minimum Gasteiger partial charge on any atom is -0.508 e. The van der Waals surface area contributed by atoms with Crippen LogP contribution in [0.2, 0.25) is 0 Å². The first-order chi connectivity index (χ1) is 40.4. The predicted molar refractivity (Wildman–Crippen MR) is 292 cm³/mol. The van der Waals surface area contributed by atoms with Crippen molar-refractivity contribution in [2.24, 2.45) is 0 Å². The van der Waals surface area contributed by atoms with Gasteiger partial charge in [0.05, 0.1) is 30.4 Å². The van der Waals surface area contributed by atoms with E-state index in [0.29, 0.717) is 56.7 Å². The molecule has 0 fully saturated rings. The van der Waals surface area contributed by atoms with Crippen molar-refractivity contribution in [1.82, 2.24) is 18.7 Å². The van der Waals surface area contributed by atoms with Gasteiger partial charge in [-0.3, -0.25) is 4.57 Å². The van der Waals surface area contributed by atoms with Crippen LogP contribution in [0.4, 0.5) is 0 Å². The van der Waals surface area contributed by atoms with Gasteiger partial charge < -0.3 is 23.2 Å². The number of hydrogen-bond acceptors (Lipinski definition) is 3. The van der Waals surface area contributed by atoms with Gasteiger partial charge in [0.2, 0.25) is 0 Å². The molecule has 0 N–H and O–H groups in total. The number of fused-ring (bicyclic) bond motifs is 7. The first kappa shape index (κ1) is 34.9. The van der Waals surface area contributed by atoms with E-state index < -0.39 is 60.4 Å². The number of ether oxygens (including phenoxy) is 2. The van der Waals surface area contributed by atoms with Crippen molar-refractivity contribution < 1.29 is 48.8 Å². The van der Waals surface area contributed by atoms with Crippen molar-refractivity contribution in [2.75, 3.05) is 0 Å². The number of hydrogen-bond donors (Lipinski definition) is 0. The zero-order valence-corrected chi connectivity index (χ0v) is 41.0. The van der Waals surface area contributed by atoms with Gasteiger partial charge in [-0.05, 0) is 75.4 Å². The van der Waals surface area contributed by atoms with Gasteiger partial charge in [0.15, 0.2) is 0 Å². The fourth-order valence-electron chi connectivity index (χ4n) is 9.88. The summed E-state index contributed by atoms with van der Waals surface area (Å²) in [6, 6.07) is 59.4. The fourth-order valence-corrected chi connectivity index (χ4v) is 9.88. The summed E-state index contributed by atoms with van der Waals surface area (Å²) in [5.41, 5.74) is 5.80. The predicted octanol–water partition coefficient (Wildman–Crippen LogP) is 15.8. The minimum atomic E-state index is -0.584. The van der Waals surface area contributed by atoms with Crippen LogP contribution >= 0.6 is 0 Å². The summed E-state index contributed by atoms with van der Waals surface area (Å²) in [5.74, 6) is 2.54. The molecule has 0 amide bonds. The normalized spacial score (nSPS) is 13.3. The molecule has 354 valence electrons. The largest absolute Gasteiger partial charge is 0.508 e. The number of pyridine rings is 1. The standard InChI is InChI=1S/C66H41N5O2.Pt/c1-4-20-45(21-5-1)51-31-19-32-52(46-22-6-2-7-23-46)66(51)69-44-68(60-36-16-17-37-61(60)69)47-24-18-27-49(40-47)73-64-43-62-56(42-63(64)70-57-33-13-10-28-53(57)54-29-11-14-34-58(54)70)55-30-12-15-35-59(55)71(62)65-41-50(38-39-67-65)72-48-25-8-3-9-26-48;/h1-39,41-42H;/q-2;/i1D,2D,4D,5D,6D,7D,20D,21D,22D,23D;. The van der Waals surface area contributed by atoms with Gasteiger partial charge in [0, 0.05) is 72.2 Å². The molecule has 74 heavy (non-hydrogen) atoms. The molecule has 10 aromatic carbocycles. The second kappa shape index (κ2) is 18.7. The van der Waals surface area contributed by atoms with Crippen molar-refractivity contribution in [3.8, 4) is 68.1 Å². The zero-order valence-electron chi connectivity index (χ0n) is 48.8. The molecule has 0 aliphatic carbocycles. The van der Waals surface area contributed by atoms with Crippen molar-refractivity contribution in [2.45, 2.75) is 0 Å². The van der Waals surface area contributed by atoms with Crippen LogP contribution < -0.4 is 14.0 Å². The van der Waals surface area contributed by atoms with Gasteiger partial charge in [-0.15, -0.1) is 24.3 Å². The summed E-state index contributed by atoms with van der Waals surface area (Å²) in [6.07, 6.45) is 5.18. The number of rotatable bonds is 10. The summed E-state index contributed by atoms with van der Waals surface area (Å²) >= 11 is 0. The third-order valence-corrected chi connectivity index (χ3v) is 13.0. The molecule has 0 atom stereocenters. The first-order valence-electron chi connectivity index (χ1n) is 28.5. The Kier molecular flexibility index (Phi) is 8.83. The second-order valence-corrected chi connectivity index (χ2v) is 17.2. The Labute approximate surface area is 455 Å². The Morgan fingerprint density at radius 3 is 1.74 bits per heavy atom. The molecule has 0 radical (unpaired) electrons. The van der Waals surface area contributed by atoms with E-state index in [-0.39, 0.29) is 49.0 Å². The fraction of sp³-hybridized carbons (Fsp3) is 0. The summed E-state index contributed by atoms with van der Waals surface area (Å²) in [5, 5.41) is 3.96. The topological polar surface area (TPSA) is 50.0 Å². The monoisotopic (exact) mass is 1140 g/mol. The van der Waals surface area contributed by atoms with Crippen LogP contribution in [0.15, 0.2) is 249 Å². The van der Waals surface area contributed by atoms with Gasteiger partial charge in [0.1, 0.15) is 17.3 Å². The van der Waals surface area contributed by atoms with E-state index in [1.165, 1.54) is 0 Å². The number of benzene rings is 10. The van der Waals surface area contributed by atoms with Crippen molar-refractivity contribution in [3.63, 3.8) is 0 Å². The second-order valence-electron chi connectivity index (χ2n) is 17.2. The van der Waals surface area contributed by atoms with E-state index >= 15 is 0 Å². The molecular weight excluding hydrogens is 1090 g/mol. The van der Waals surface area contributed by atoms with Gasteiger partial charge in [-0.1, -0.05) is 187 Å². The number of nitrogens with zero attached hydrogens (tertiary/aromatic N) is 5. The van der Waals surface area contributed by atoms with E-state index in [1.54, 1.807) is 45.7 Å². The smallest absolute Gasteiger partial charge is 0.268 e. The molecule has 7 nitrogen and oxygen atoms in total. The van der Waals surface area contributed by atoms with Crippen LogP contribution in [-0.4, -0.2) is 18.7 Å². The molecular formula is C66H41N5O2Pt-2. The SMILES string of the molecule is [2H]c1c([2H])c([2H])c(-c2cccc(-c3c([2H])c([2H])c([2H])c([2H])c3[2H])c2-[n+]2[c-]n(-c3[c-]c(Oc4[c-]c5c(cc4-n4c6ccccc6c6ccccc64)c4ccccc4n5-c4cc(Oc5ccccc5)ccn4)ccc3)c3ccccc32)c([2H])c1[2H].[Pt]. The minimum absolute atomic E-state index is 0. The molecule has 8 heteroatoms. The van der Waals surface area contributed by atoms with Gasteiger partial charge in [0.25, 0.3) is 6.33 Å². The summed E-state index contributed by atoms with van der Waals surface area (Å²) in [4.78, 5) is 4.89. The third kappa shape index (κ3) is 7.65. The van der Waals surface area contributed by atoms with Gasteiger partial charge in [-0.25, -0.2) is 4.98 Å².